The van der Waals surface area contributed by atoms with Gasteiger partial charge in [0.25, 0.3) is 5.91 Å². The summed E-state index contributed by atoms with van der Waals surface area (Å²) in [4.78, 5) is 14.4. The monoisotopic (exact) mass is 213 g/mol. The van der Waals surface area contributed by atoms with Crippen molar-refractivity contribution in [2.75, 3.05) is 5.75 Å². The van der Waals surface area contributed by atoms with Gasteiger partial charge in [0.2, 0.25) is 0 Å². The number of carbonyl (C=O) groups is 1. The molecule has 0 saturated heterocycles. The molecule has 0 radical (unpaired) electrons. The summed E-state index contributed by atoms with van der Waals surface area (Å²) in [6.07, 6.45) is 0. The van der Waals surface area contributed by atoms with Gasteiger partial charge in [0, 0.05) is 11.6 Å². The molecule has 0 unspecified atom stereocenters. The second-order valence-corrected chi connectivity index (χ2v) is 3.72. The first-order chi connectivity index (χ1) is 6.65. The van der Waals surface area contributed by atoms with E-state index in [1.165, 1.54) is 11.8 Å². The molecule has 0 spiro atoms. The smallest absolute Gasteiger partial charge is 0.257 e. The van der Waals surface area contributed by atoms with Gasteiger partial charge >= 0.3 is 0 Å². The fourth-order valence-corrected chi connectivity index (χ4v) is 1.91. The Kier molecular flexibility index (Phi) is 2.33. The van der Waals surface area contributed by atoms with E-state index in [1.54, 1.807) is 0 Å². The van der Waals surface area contributed by atoms with Crippen LogP contribution in [-0.4, -0.2) is 16.7 Å². The summed E-state index contributed by atoms with van der Waals surface area (Å²) in [5.41, 5.74) is 0.318. The SMILES string of the molecule is O=C1CSC(c2cc(F)cc(F)c2)=N1. The molecule has 0 aliphatic carbocycles. The molecule has 1 aromatic rings. The van der Waals surface area contributed by atoms with Gasteiger partial charge in [-0.15, -0.1) is 0 Å². The standard InChI is InChI=1S/C9H5F2NOS/c10-6-1-5(2-7(11)3-6)9-12-8(13)4-14-9/h1-3H,4H2. The highest BCUT2D eigenvalue weighted by Crippen LogP contribution is 2.21. The Bertz CT molecular complexity index is 411. The van der Waals surface area contributed by atoms with Gasteiger partial charge in [-0.05, 0) is 12.1 Å². The highest BCUT2D eigenvalue weighted by molar-refractivity contribution is 8.15. The van der Waals surface area contributed by atoms with E-state index in [4.69, 9.17) is 0 Å². The molecule has 5 heteroatoms. The molecular weight excluding hydrogens is 208 g/mol. The van der Waals surface area contributed by atoms with Crippen LogP contribution in [0.15, 0.2) is 23.2 Å². The summed E-state index contributed by atoms with van der Waals surface area (Å²) >= 11 is 1.19. The number of hydrogen-bond acceptors (Lipinski definition) is 2. The van der Waals surface area contributed by atoms with Crippen molar-refractivity contribution in [2.45, 2.75) is 0 Å². The normalized spacial score (nSPS) is 15.9. The maximum absolute atomic E-state index is 12.8. The molecular formula is C9H5F2NOS. The van der Waals surface area contributed by atoms with Crippen LogP contribution >= 0.6 is 11.8 Å². The van der Waals surface area contributed by atoms with E-state index in [0.717, 1.165) is 18.2 Å². The van der Waals surface area contributed by atoms with Crippen LogP contribution in [-0.2, 0) is 4.79 Å². The molecule has 1 aromatic carbocycles. The van der Waals surface area contributed by atoms with E-state index in [-0.39, 0.29) is 11.7 Å². The molecule has 1 aliphatic heterocycles. The summed E-state index contributed by atoms with van der Waals surface area (Å²) in [7, 11) is 0. The topological polar surface area (TPSA) is 29.4 Å². The molecule has 72 valence electrons. The summed E-state index contributed by atoms with van der Waals surface area (Å²) in [5.74, 6) is -1.35. The van der Waals surface area contributed by atoms with Crippen LogP contribution in [0.25, 0.3) is 0 Å². The summed E-state index contributed by atoms with van der Waals surface area (Å²) in [6, 6.07) is 3.10. The van der Waals surface area contributed by atoms with Crippen molar-refractivity contribution >= 4 is 22.7 Å². The number of nitrogens with zero attached hydrogens (tertiary/aromatic N) is 1. The van der Waals surface area contributed by atoms with E-state index in [2.05, 4.69) is 4.99 Å². The summed E-state index contributed by atoms with van der Waals surface area (Å²) in [5, 5.41) is 0.383. The van der Waals surface area contributed by atoms with Crippen LogP contribution in [0, 0.1) is 11.6 Å². The zero-order valence-electron chi connectivity index (χ0n) is 6.96. The zero-order valence-corrected chi connectivity index (χ0v) is 7.78. The van der Waals surface area contributed by atoms with E-state index in [9.17, 15) is 13.6 Å². The number of hydrogen-bond donors (Lipinski definition) is 0. The van der Waals surface area contributed by atoms with Crippen LogP contribution in [0.4, 0.5) is 8.78 Å². The first kappa shape index (κ1) is 9.33. The van der Waals surface area contributed by atoms with Crippen LogP contribution < -0.4 is 0 Å². The fourth-order valence-electron chi connectivity index (χ4n) is 1.13. The minimum Gasteiger partial charge on any atom is -0.272 e. The number of rotatable bonds is 1. The predicted octanol–water partition coefficient (Wildman–Crippen LogP) is 1.98. The number of halogens is 2. The number of carbonyl (C=O) groups excluding carboxylic acids is 1. The van der Waals surface area contributed by atoms with Gasteiger partial charge in [-0.3, -0.25) is 4.79 Å². The van der Waals surface area contributed by atoms with Crippen molar-refractivity contribution in [3.05, 3.63) is 35.4 Å². The molecule has 0 atom stereocenters. The minimum absolute atomic E-state index is 0.244. The first-order valence-corrected chi connectivity index (χ1v) is 4.84. The Balaban J connectivity index is 2.42. The second kappa shape index (κ2) is 3.49. The van der Waals surface area contributed by atoms with Crippen molar-refractivity contribution in [3.8, 4) is 0 Å². The molecule has 0 bridgehead atoms. The summed E-state index contributed by atoms with van der Waals surface area (Å²) < 4.78 is 25.6. The molecule has 0 N–H and O–H groups in total. The predicted molar refractivity (Wildman–Crippen MR) is 50.4 cm³/mol. The summed E-state index contributed by atoms with van der Waals surface area (Å²) in [6.45, 7) is 0. The van der Waals surface area contributed by atoms with Crippen molar-refractivity contribution in [1.82, 2.24) is 0 Å². The molecule has 1 amide bonds. The average molecular weight is 213 g/mol. The number of benzene rings is 1. The molecule has 2 nitrogen and oxygen atoms in total. The highest BCUT2D eigenvalue weighted by Gasteiger charge is 2.17. The Morgan fingerprint density at radius 2 is 1.86 bits per heavy atom. The van der Waals surface area contributed by atoms with Gasteiger partial charge < -0.3 is 0 Å². The van der Waals surface area contributed by atoms with Crippen LogP contribution in [0.2, 0.25) is 0 Å². The first-order valence-electron chi connectivity index (χ1n) is 3.86. The van der Waals surface area contributed by atoms with E-state index in [1.807, 2.05) is 0 Å². The molecule has 0 saturated carbocycles. The van der Waals surface area contributed by atoms with Gasteiger partial charge in [0.1, 0.15) is 16.7 Å². The lowest BCUT2D eigenvalue weighted by atomic mass is 10.2. The number of aliphatic imine (C=N–C) groups is 1. The van der Waals surface area contributed by atoms with Gasteiger partial charge in [-0.2, -0.15) is 0 Å². The van der Waals surface area contributed by atoms with Gasteiger partial charge in [-0.1, -0.05) is 11.8 Å². The highest BCUT2D eigenvalue weighted by atomic mass is 32.2. The van der Waals surface area contributed by atoms with Gasteiger partial charge in [0.05, 0.1) is 5.75 Å². The lowest BCUT2D eigenvalue weighted by molar-refractivity contribution is -0.115. The number of amides is 1. The maximum Gasteiger partial charge on any atom is 0.257 e. The van der Waals surface area contributed by atoms with E-state index < -0.39 is 11.6 Å². The quantitative estimate of drug-likeness (QED) is 0.713. The second-order valence-electron chi connectivity index (χ2n) is 2.76. The van der Waals surface area contributed by atoms with Crippen LogP contribution in [0.5, 0.6) is 0 Å². The third-order valence-electron chi connectivity index (χ3n) is 1.67. The molecule has 0 aromatic heterocycles. The molecule has 1 aliphatic rings. The van der Waals surface area contributed by atoms with E-state index >= 15 is 0 Å². The van der Waals surface area contributed by atoms with Crippen molar-refractivity contribution in [3.63, 3.8) is 0 Å². The molecule has 14 heavy (non-hydrogen) atoms. The third-order valence-corrected chi connectivity index (χ3v) is 2.66. The van der Waals surface area contributed by atoms with E-state index in [0.29, 0.717) is 10.6 Å². The molecule has 0 fully saturated rings. The van der Waals surface area contributed by atoms with Crippen LogP contribution in [0.1, 0.15) is 5.56 Å². The molecule has 2 rings (SSSR count). The minimum atomic E-state index is -0.664. The lowest BCUT2D eigenvalue weighted by Crippen LogP contribution is -1.94. The Labute approximate surface area is 83.0 Å². The van der Waals surface area contributed by atoms with Crippen molar-refractivity contribution in [1.29, 1.82) is 0 Å². The van der Waals surface area contributed by atoms with Gasteiger partial charge in [-0.25, -0.2) is 13.8 Å². The van der Waals surface area contributed by atoms with Crippen molar-refractivity contribution in [2.24, 2.45) is 4.99 Å². The third kappa shape index (κ3) is 1.82. The molecule has 1 heterocycles. The van der Waals surface area contributed by atoms with Crippen molar-refractivity contribution < 1.29 is 13.6 Å². The maximum atomic E-state index is 12.8. The largest absolute Gasteiger partial charge is 0.272 e. The Morgan fingerprint density at radius 3 is 2.36 bits per heavy atom. The average Bonchev–Trinajstić information content (AvgIpc) is 2.50. The van der Waals surface area contributed by atoms with Gasteiger partial charge in [0.15, 0.2) is 0 Å². The van der Waals surface area contributed by atoms with Crippen LogP contribution in [0.3, 0.4) is 0 Å². The fraction of sp³-hybridized carbons (Fsp3) is 0.111. The lowest BCUT2D eigenvalue weighted by Gasteiger charge is -1.99. The zero-order chi connectivity index (χ0) is 10.1. The Morgan fingerprint density at radius 1 is 1.21 bits per heavy atom. The Hall–Kier alpha value is -1.23. The number of thioether (sulfide) groups is 1.